The Hall–Kier alpha value is -0.150. The van der Waals surface area contributed by atoms with Gasteiger partial charge in [-0.2, -0.15) is 0 Å². The van der Waals surface area contributed by atoms with E-state index in [9.17, 15) is 4.79 Å². The molecule has 0 bridgehead atoms. The van der Waals surface area contributed by atoms with Gasteiger partial charge >= 0.3 is 0 Å². The third kappa shape index (κ3) is 4.92. The molecule has 0 aliphatic carbocycles. The van der Waals surface area contributed by atoms with E-state index in [1.54, 1.807) is 11.3 Å². The average molecular weight is 317 g/mol. The molecule has 1 atom stereocenters. The molecule has 1 rings (SSSR count). The molecule has 1 unspecified atom stereocenters. The highest BCUT2D eigenvalue weighted by Crippen LogP contribution is 2.30. The number of hydrogen-bond donors (Lipinski definition) is 0. The van der Waals surface area contributed by atoms with Crippen molar-refractivity contribution in [2.24, 2.45) is 11.3 Å². The van der Waals surface area contributed by atoms with E-state index < -0.39 is 0 Å². The van der Waals surface area contributed by atoms with Crippen LogP contribution in [0.4, 0.5) is 0 Å². The molecular formula is C14H21BrOS. The van der Waals surface area contributed by atoms with Gasteiger partial charge in [-0.1, -0.05) is 27.7 Å². The molecule has 0 fully saturated rings. The summed E-state index contributed by atoms with van der Waals surface area (Å²) in [6.45, 7) is 10.8. The van der Waals surface area contributed by atoms with Crippen LogP contribution < -0.4 is 0 Å². The Morgan fingerprint density at radius 1 is 1.47 bits per heavy atom. The minimum Gasteiger partial charge on any atom is -0.294 e. The standard InChI is InChI=1S/C14H21BrOS/c1-9(8-14(3,4)5)6-12(16)11-7-13(15)17-10(11)2/h7,9H,6,8H2,1-5H3. The summed E-state index contributed by atoms with van der Waals surface area (Å²) in [4.78, 5) is 13.3. The fourth-order valence-electron chi connectivity index (χ4n) is 2.27. The van der Waals surface area contributed by atoms with Crippen LogP contribution in [0.5, 0.6) is 0 Å². The SMILES string of the molecule is Cc1sc(Br)cc1C(=O)CC(C)CC(C)(C)C. The van der Waals surface area contributed by atoms with Crippen LogP contribution in [-0.2, 0) is 0 Å². The highest BCUT2D eigenvalue weighted by atomic mass is 79.9. The van der Waals surface area contributed by atoms with Crippen LogP contribution >= 0.6 is 27.3 Å². The van der Waals surface area contributed by atoms with E-state index in [2.05, 4.69) is 43.6 Å². The molecule has 96 valence electrons. The monoisotopic (exact) mass is 316 g/mol. The molecule has 0 amide bonds. The number of ketones is 1. The highest BCUT2D eigenvalue weighted by molar-refractivity contribution is 9.11. The number of carbonyl (C=O) groups is 1. The Morgan fingerprint density at radius 2 is 2.06 bits per heavy atom. The molecule has 1 aromatic rings. The summed E-state index contributed by atoms with van der Waals surface area (Å²) < 4.78 is 1.04. The molecule has 1 heterocycles. The lowest BCUT2D eigenvalue weighted by molar-refractivity contribution is 0.0954. The topological polar surface area (TPSA) is 17.1 Å². The van der Waals surface area contributed by atoms with Gasteiger partial charge in [-0.05, 0) is 46.7 Å². The quantitative estimate of drug-likeness (QED) is 0.674. The summed E-state index contributed by atoms with van der Waals surface area (Å²) in [6.07, 6.45) is 1.74. The average Bonchev–Trinajstić information content (AvgIpc) is 2.41. The molecule has 0 saturated carbocycles. The van der Waals surface area contributed by atoms with Crippen molar-refractivity contribution in [3.63, 3.8) is 0 Å². The lowest BCUT2D eigenvalue weighted by Crippen LogP contribution is -2.14. The zero-order chi connectivity index (χ0) is 13.2. The molecule has 0 radical (unpaired) electrons. The molecule has 0 saturated heterocycles. The lowest BCUT2D eigenvalue weighted by atomic mass is 9.83. The molecule has 1 aromatic heterocycles. The molecule has 3 heteroatoms. The maximum atomic E-state index is 12.2. The van der Waals surface area contributed by atoms with E-state index in [4.69, 9.17) is 0 Å². The van der Waals surface area contributed by atoms with Crippen molar-refractivity contribution in [3.8, 4) is 0 Å². The Labute approximate surface area is 117 Å². The van der Waals surface area contributed by atoms with Crippen LogP contribution in [0.15, 0.2) is 9.85 Å². The molecule has 0 spiro atoms. The van der Waals surface area contributed by atoms with Crippen LogP contribution in [-0.4, -0.2) is 5.78 Å². The summed E-state index contributed by atoms with van der Waals surface area (Å²) in [5.41, 5.74) is 1.19. The molecule has 1 nitrogen and oxygen atoms in total. The number of thiophene rings is 1. The third-order valence-corrected chi connectivity index (χ3v) is 4.24. The predicted molar refractivity (Wildman–Crippen MR) is 78.9 cm³/mol. The number of carbonyl (C=O) groups excluding carboxylic acids is 1. The lowest BCUT2D eigenvalue weighted by Gasteiger charge is -2.22. The molecule has 0 aliphatic heterocycles. The fraction of sp³-hybridized carbons (Fsp3) is 0.643. The summed E-state index contributed by atoms with van der Waals surface area (Å²) in [5, 5.41) is 0. The zero-order valence-corrected chi connectivity index (χ0v) is 13.7. The predicted octanol–water partition coefficient (Wildman–Crippen LogP) is 5.46. The number of aryl methyl sites for hydroxylation is 1. The normalized spacial score (nSPS) is 13.8. The second kappa shape index (κ2) is 5.66. The van der Waals surface area contributed by atoms with Gasteiger partial charge in [0, 0.05) is 16.9 Å². The van der Waals surface area contributed by atoms with Gasteiger partial charge in [0.2, 0.25) is 0 Å². The summed E-state index contributed by atoms with van der Waals surface area (Å²) in [7, 11) is 0. The van der Waals surface area contributed by atoms with Crippen molar-refractivity contribution < 1.29 is 4.79 Å². The molecule has 0 aromatic carbocycles. The molecule has 0 aliphatic rings. The maximum absolute atomic E-state index is 12.2. The van der Waals surface area contributed by atoms with Gasteiger partial charge in [0.1, 0.15) is 0 Å². The van der Waals surface area contributed by atoms with Gasteiger partial charge in [0.15, 0.2) is 5.78 Å². The van der Waals surface area contributed by atoms with Crippen LogP contribution in [0.3, 0.4) is 0 Å². The summed E-state index contributed by atoms with van der Waals surface area (Å²) in [6, 6.07) is 1.95. The minimum absolute atomic E-state index is 0.279. The van der Waals surface area contributed by atoms with Crippen LogP contribution in [0.2, 0.25) is 0 Å². The highest BCUT2D eigenvalue weighted by Gasteiger charge is 2.20. The minimum atomic E-state index is 0.279. The fourth-order valence-corrected chi connectivity index (χ4v) is 3.98. The van der Waals surface area contributed by atoms with E-state index in [0.717, 1.165) is 20.6 Å². The Balaban J connectivity index is 2.64. The van der Waals surface area contributed by atoms with E-state index in [1.165, 1.54) is 0 Å². The first-order valence-electron chi connectivity index (χ1n) is 5.98. The third-order valence-electron chi connectivity index (χ3n) is 2.68. The van der Waals surface area contributed by atoms with Gasteiger partial charge in [-0.3, -0.25) is 4.79 Å². The van der Waals surface area contributed by atoms with Crippen molar-refractivity contribution in [1.82, 2.24) is 0 Å². The smallest absolute Gasteiger partial charge is 0.164 e. The second-order valence-electron chi connectivity index (χ2n) is 6.02. The number of rotatable bonds is 4. The second-order valence-corrected chi connectivity index (χ2v) is 8.65. The summed E-state index contributed by atoms with van der Waals surface area (Å²) >= 11 is 5.07. The van der Waals surface area contributed by atoms with Crippen LogP contribution in [0, 0.1) is 18.3 Å². The van der Waals surface area contributed by atoms with Crippen molar-refractivity contribution in [1.29, 1.82) is 0 Å². The zero-order valence-electron chi connectivity index (χ0n) is 11.3. The van der Waals surface area contributed by atoms with Gasteiger partial charge in [-0.25, -0.2) is 0 Å². The van der Waals surface area contributed by atoms with E-state index in [0.29, 0.717) is 17.8 Å². The number of halogens is 1. The van der Waals surface area contributed by atoms with Gasteiger partial charge in [-0.15, -0.1) is 11.3 Å². The Bertz CT molecular complexity index is 401. The Kier molecular flexibility index (Phi) is 4.96. The van der Waals surface area contributed by atoms with Crippen molar-refractivity contribution in [3.05, 3.63) is 20.3 Å². The van der Waals surface area contributed by atoms with Crippen LogP contribution in [0.25, 0.3) is 0 Å². The number of hydrogen-bond acceptors (Lipinski definition) is 2. The first-order valence-corrected chi connectivity index (χ1v) is 7.59. The maximum Gasteiger partial charge on any atom is 0.164 e. The van der Waals surface area contributed by atoms with Gasteiger partial charge in [0.25, 0.3) is 0 Å². The van der Waals surface area contributed by atoms with Crippen molar-refractivity contribution in [2.45, 2.75) is 47.5 Å². The first kappa shape index (κ1) is 14.9. The van der Waals surface area contributed by atoms with E-state index in [1.807, 2.05) is 13.0 Å². The molecule has 17 heavy (non-hydrogen) atoms. The van der Waals surface area contributed by atoms with E-state index >= 15 is 0 Å². The first-order chi connectivity index (χ1) is 7.69. The van der Waals surface area contributed by atoms with Gasteiger partial charge < -0.3 is 0 Å². The molecular weight excluding hydrogens is 296 g/mol. The van der Waals surface area contributed by atoms with Crippen molar-refractivity contribution in [2.75, 3.05) is 0 Å². The van der Waals surface area contributed by atoms with Crippen LogP contribution in [0.1, 0.15) is 55.8 Å². The Morgan fingerprint density at radius 3 is 2.47 bits per heavy atom. The number of Topliss-reactive ketones (excluding diaryl/α,β-unsaturated/α-hetero) is 1. The summed E-state index contributed by atoms with van der Waals surface area (Å²) in [5.74, 6) is 0.724. The largest absolute Gasteiger partial charge is 0.294 e. The van der Waals surface area contributed by atoms with E-state index in [-0.39, 0.29) is 5.78 Å². The van der Waals surface area contributed by atoms with Crippen molar-refractivity contribution >= 4 is 33.0 Å². The molecule has 0 N–H and O–H groups in total. The van der Waals surface area contributed by atoms with Gasteiger partial charge in [0.05, 0.1) is 3.79 Å².